The van der Waals surface area contributed by atoms with E-state index in [1.165, 1.54) is 12.8 Å². The molecule has 1 aromatic rings. The average Bonchev–Trinajstić information content (AvgIpc) is 2.32. The quantitative estimate of drug-likeness (QED) is 0.681. The number of carbonyl (C=O) groups excluding carboxylic acids is 1. The van der Waals surface area contributed by atoms with Gasteiger partial charge in [-0.1, -0.05) is 25.4 Å². The Morgan fingerprint density at radius 3 is 2.68 bits per heavy atom. The molecule has 0 amide bonds. The van der Waals surface area contributed by atoms with Crippen LogP contribution in [0.5, 0.6) is 0 Å². The minimum Gasteiger partial charge on any atom is -0.366 e. The third-order valence-electron chi connectivity index (χ3n) is 3.88. The van der Waals surface area contributed by atoms with Crippen molar-refractivity contribution in [1.82, 2.24) is 9.97 Å². The van der Waals surface area contributed by atoms with E-state index in [2.05, 4.69) is 29.1 Å². The lowest BCUT2D eigenvalue weighted by Gasteiger charge is -2.33. The summed E-state index contributed by atoms with van der Waals surface area (Å²) in [6, 6.07) is 0.347. The molecule has 1 aromatic heterocycles. The van der Waals surface area contributed by atoms with Crippen LogP contribution in [0.3, 0.4) is 0 Å². The van der Waals surface area contributed by atoms with Crippen molar-refractivity contribution in [3.8, 4) is 0 Å². The van der Waals surface area contributed by atoms with Gasteiger partial charge in [-0.25, -0.2) is 9.97 Å². The SMILES string of the molecule is Cc1nc(Cl)c(C=O)c(NC2CCC(C)CC2C)n1. The fraction of sp³-hybridized carbons (Fsp3) is 0.643. The molecule has 1 fully saturated rings. The first-order valence-electron chi connectivity index (χ1n) is 6.77. The predicted molar refractivity (Wildman–Crippen MR) is 76.8 cm³/mol. The van der Waals surface area contributed by atoms with Crippen LogP contribution in [-0.2, 0) is 0 Å². The summed E-state index contributed by atoms with van der Waals surface area (Å²) in [7, 11) is 0. The second-order valence-corrected chi connectivity index (χ2v) is 5.95. The molecule has 1 saturated carbocycles. The number of halogens is 1. The maximum Gasteiger partial charge on any atom is 0.156 e. The Bertz CT molecular complexity index is 478. The summed E-state index contributed by atoms with van der Waals surface area (Å²) >= 11 is 5.99. The summed E-state index contributed by atoms with van der Waals surface area (Å²) in [5.74, 6) is 2.49. The highest BCUT2D eigenvalue weighted by Gasteiger charge is 2.26. The van der Waals surface area contributed by atoms with Crippen LogP contribution in [0, 0.1) is 18.8 Å². The summed E-state index contributed by atoms with van der Waals surface area (Å²) in [5.41, 5.74) is 0.359. The van der Waals surface area contributed by atoms with Crippen LogP contribution in [-0.4, -0.2) is 22.3 Å². The van der Waals surface area contributed by atoms with Crippen LogP contribution in [0.1, 0.15) is 49.3 Å². The number of carbonyl (C=O) groups is 1. The van der Waals surface area contributed by atoms with E-state index in [9.17, 15) is 4.79 Å². The van der Waals surface area contributed by atoms with Crippen molar-refractivity contribution in [2.45, 2.75) is 46.1 Å². The maximum absolute atomic E-state index is 11.1. The Morgan fingerprint density at radius 2 is 2.05 bits per heavy atom. The van der Waals surface area contributed by atoms with Crippen LogP contribution < -0.4 is 5.32 Å². The van der Waals surface area contributed by atoms with E-state index in [1.807, 2.05) is 0 Å². The van der Waals surface area contributed by atoms with Crippen molar-refractivity contribution >= 4 is 23.7 Å². The third kappa shape index (κ3) is 3.24. The molecule has 3 unspecified atom stereocenters. The molecule has 0 aliphatic heterocycles. The van der Waals surface area contributed by atoms with Gasteiger partial charge in [0.2, 0.25) is 0 Å². The van der Waals surface area contributed by atoms with Gasteiger partial charge in [0.05, 0.1) is 5.56 Å². The zero-order valence-electron chi connectivity index (χ0n) is 11.6. The number of hydrogen-bond donors (Lipinski definition) is 1. The average molecular weight is 282 g/mol. The van der Waals surface area contributed by atoms with Gasteiger partial charge >= 0.3 is 0 Å². The zero-order valence-corrected chi connectivity index (χ0v) is 12.4. The summed E-state index contributed by atoms with van der Waals surface area (Å²) in [4.78, 5) is 19.5. The second kappa shape index (κ2) is 5.87. The van der Waals surface area contributed by atoms with Crippen molar-refractivity contribution in [3.05, 3.63) is 16.5 Å². The smallest absolute Gasteiger partial charge is 0.156 e. The first-order chi connectivity index (χ1) is 9.01. The molecule has 2 rings (SSSR count). The minimum atomic E-state index is 0.224. The molecule has 3 atom stereocenters. The van der Waals surface area contributed by atoms with Crippen LogP contribution in [0.4, 0.5) is 5.82 Å². The van der Waals surface area contributed by atoms with E-state index in [4.69, 9.17) is 11.6 Å². The molecule has 1 N–H and O–H groups in total. The number of rotatable bonds is 3. The molecule has 19 heavy (non-hydrogen) atoms. The molecule has 1 aliphatic rings. The second-order valence-electron chi connectivity index (χ2n) is 5.59. The summed E-state index contributed by atoms with van der Waals surface area (Å²) in [5, 5.41) is 3.61. The van der Waals surface area contributed by atoms with E-state index in [-0.39, 0.29) is 5.15 Å². The van der Waals surface area contributed by atoms with Gasteiger partial charge in [-0.2, -0.15) is 0 Å². The van der Waals surface area contributed by atoms with Gasteiger partial charge in [0.15, 0.2) is 6.29 Å². The van der Waals surface area contributed by atoms with Crippen molar-refractivity contribution in [2.24, 2.45) is 11.8 Å². The monoisotopic (exact) mass is 281 g/mol. The van der Waals surface area contributed by atoms with Gasteiger partial charge in [0.25, 0.3) is 0 Å². The lowest BCUT2D eigenvalue weighted by atomic mass is 9.80. The Hall–Kier alpha value is -1.16. The van der Waals surface area contributed by atoms with Gasteiger partial charge in [-0.3, -0.25) is 4.79 Å². The zero-order chi connectivity index (χ0) is 14.0. The molecule has 0 aromatic carbocycles. The lowest BCUT2D eigenvalue weighted by molar-refractivity contribution is 0.112. The number of aryl methyl sites for hydroxylation is 1. The van der Waals surface area contributed by atoms with E-state index < -0.39 is 0 Å². The van der Waals surface area contributed by atoms with Crippen molar-refractivity contribution < 1.29 is 4.79 Å². The first kappa shape index (κ1) is 14.3. The number of nitrogens with zero attached hydrogens (tertiary/aromatic N) is 2. The van der Waals surface area contributed by atoms with Crippen LogP contribution >= 0.6 is 11.6 Å². The predicted octanol–water partition coefficient (Wildman–Crippen LogP) is 3.49. The molecule has 0 bridgehead atoms. The van der Waals surface area contributed by atoms with Crippen LogP contribution in [0.2, 0.25) is 5.15 Å². The molecular formula is C14H20ClN3O. The Labute approximate surface area is 119 Å². The Balaban J connectivity index is 2.21. The normalized spacial score (nSPS) is 27.1. The number of anilines is 1. The highest BCUT2D eigenvalue weighted by atomic mass is 35.5. The third-order valence-corrected chi connectivity index (χ3v) is 4.17. The molecule has 1 heterocycles. The summed E-state index contributed by atoms with van der Waals surface area (Å²) in [6.45, 7) is 6.30. The molecule has 104 valence electrons. The van der Waals surface area contributed by atoms with E-state index in [0.29, 0.717) is 29.2 Å². The first-order valence-corrected chi connectivity index (χ1v) is 7.15. The molecule has 0 saturated heterocycles. The molecule has 0 radical (unpaired) electrons. The minimum absolute atomic E-state index is 0.224. The van der Waals surface area contributed by atoms with Gasteiger partial charge < -0.3 is 5.32 Å². The highest BCUT2D eigenvalue weighted by molar-refractivity contribution is 6.32. The van der Waals surface area contributed by atoms with Crippen molar-refractivity contribution in [1.29, 1.82) is 0 Å². The van der Waals surface area contributed by atoms with E-state index >= 15 is 0 Å². The van der Waals surface area contributed by atoms with Crippen LogP contribution in [0.15, 0.2) is 0 Å². The van der Waals surface area contributed by atoms with Crippen molar-refractivity contribution in [3.63, 3.8) is 0 Å². The topological polar surface area (TPSA) is 54.9 Å². The molecule has 5 heteroatoms. The van der Waals surface area contributed by atoms with Gasteiger partial charge in [0, 0.05) is 6.04 Å². The summed E-state index contributed by atoms with van der Waals surface area (Å²) < 4.78 is 0. The van der Waals surface area contributed by atoms with E-state index in [1.54, 1.807) is 6.92 Å². The van der Waals surface area contributed by atoms with Gasteiger partial charge in [-0.05, 0) is 38.0 Å². The molecular weight excluding hydrogens is 262 g/mol. The standard InChI is InChI=1S/C14H20ClN3O/c1-8-4-5-12(9(2)6-8)18-14-11(7-19)13(15)16-10(3)17-14/h7-9,12H,4-6H2,1-3H3,(H,16,17,18). The molecule has 1 aliphatic carbocycles. The fourth-order valence-electron chi connectivity index (χ4n) is 2.82. The summed E-state index contributed by atoms with van der Waals surface area (Å²) in [6.07, 6.45) is 4.23. The number of nitrogens with one attached hydrogen (secondary N) is 1. The number of aromatic nitrogens is 2. The van der Waals surface area contributed by atoms with Crippen molar-refractivity contribution in [2.75, 3.05) is 5.32 Å². The van der Waals surface area contributed by atoms with Crippen LogP contribution in [0.25, 0.3) is 0 Å². The Morgan fingerprint density at radius 1 is 1.32 bits per heavy atom. The highest BCUT2D eigenvalue weighted by Crippen LogP contribution is 2.31. The van der Waals surface area contributed by atoms with Gasteiger partial charge in [-0.15, -0.1) is 0 Å². The number of aldehydes is 1. The van der Waals surface area contributed by atoms with Gasteiger partial charge in [0.1, 0.15) is 16.8 Å². The lowest BCUT2D eigenvalue weighted by Crippen LogP contribution is -2.33. The fourth-order valence-corrected chi connectivity index (χ4v) is 3.07. The molecule has 0 spiro atoms. The van der Waals surface area contributed by atoms with E-state index in [0.717, 1.165) is 18.6 Å². The molecule has 4 nitrogen and oxygen atoms in total. The number of hydrogen-bond acceptors (Lipinski definition) is 4. The largest absolute Gasteiger partial charge is 0.366 e. The Kier molecular flexibility index (Phi) is 4.40. The maximum atomic E-state index is 11.1.